The summed E-state index contributed by atoms with van der Waals surface area (Å²) in [6, 6.07) is 0.448. The average Bonchev–Trinajstić information content (AvgIpc) is 2.91. The van der Waals surface area contributed by atoms with E-state index in [1.165, 1.54) is 51.4 Å². The molecule has 4 nitrogen and oxygen atoms in total. The molecule has 1 N–H and O–H groups in total. The highest BCUT2D eigenvalue weighted by atomic mass is 16.5. The Morgan fingerprint density at radius 3 is 2.19 bits per heavy atom. The molecule has 0 unspecified atom stereocenters. The van der Waals surface area contributed by atoms with Gasteiger partial charge >= 0.3 is 0 Å². The minimum Gasteiger partial charge on any atom is -0.339 e. The second-order valence-electron chi connectivity index (χ2n) is 6.22. The predicted octanol–water partition coefficient (Wildman–Crippen LogP) is 4.64. The van der Waals surface area contributed by atoms with Gasteiger partial charge in [0.2, 0.25) is 5.89 Å². The number of unbranched alkanes of at least 4 members (excludes halogenated alkanes) is 8. The summed E-state index contributed by atoms with van der Waals surface area (Å²) in [7, 11) is 0. The van der Waals surface area contributed by atoms with Crippen molar-refractivity contribution in [2.24, 2.45) is 0 Å². The third-order valence-corrected chi connectivity index (χ3v) is 3.67. The summed E-state index contributed by atoms with van der Waals surface area (Å²) >= 11 is 0. The van der Waals surface area contributed by atoms with Gasteiger partial charge in [0.1, 0.15) is 0 Å². The van der Waals surface area contributed by atoms with E-state index >= 15 is 0 Å². The number of hydrogen-bond acceptors (Lipinski definition) is 4. The first kappa shape index (κ1) is 18.1. The zero-order valence-corrected chi connectivity index (χ0v) is 14.2. The molecule has 0 amide bonds. The van der Waals surface area contributed by atoms with Crippen molar-refractivity contribution in [2.75, 3.05) is 0 Å². The van der Waals surface area contributed by atoms with Gasteiger partial charge < -0.3 is 9.84 Å². The number of nitrogens with one attached hydrogen (secondary N) is 1. The predicted molar refractivity (Wildman–Crippen MR) is 87.2 cm³/mol. The third kappa shape index (κ3) is 9.62. The molecular weight excluding hydrogens is 262 g/mol. The quantitative estimate of drug-likeness (QED) is 0.539. The first-order valence-corrected chi connectivity index (χ1v) is 8.77. The number of rotatable bonds is 13. The van der Waals surface area contributed by atoms with E-state index in [0.717, 1.165) is 24.6 Å². The van der Waals surface area contributed by atoms with Crippen molar-refractivity contribution >= 4 is 0 Å². The average molecular weight is 295 g/mol. The molecule has 0 saturated carbocycles. The van der Waals surface area contributed by atoms with E-state index in [4.69, 9.17) is 4.52 Å². The minimum absolute atomic E-state index is 0.448. The lowest BCUT2D eigenvalue weighted by atomic mass is 10.1. The zero-order chi connectivity index (χ0) is 15.3. The standard InChI is InChI=1S/C17H33N3O/c1-4-5-6-7-8-9-10-11-12-13-17-19-16(20-21-17)14-18-15(2)3/h15,18H,4-14H2,1-3H3. The van der Waals surface area contributed by atoms with Gasteiger partial charge in [-0.1, -0.05) is 77.3 Å². The second kappa shape index (κ2) is 11.7. The van der Waals surface area contributed by atoms with Gasteiger partial charge in [0, 0.05) is 12.5 Å². The first-order valence-electron chi connectivity index (χ1n) is 8.77. The van der Waals surface area contributed by atoms with Crippen molar-refractivity contribution in [2.45, 2.75) is 97.6 Å². The van der Waals surface area contributed by atoms with E-state index in [9.17, 15) is 0 Å². The molecule has 1 heterocycles. The topological polar surface area (TPSA) is 51.0 Å². The lowest BCUT2D eigenvalue weighted by Gasteiger charge is -2.03. The lowest BCUT2D eigenvalue weighted by Crippen LogP contribution is -2.22. The molecule has 0 aliphatic rings. The molecule has 0 radical (unpaired) electrons. The van der Waals surface area contributed by atoms with Gasteiger partial charge in [-0.15, -0.1) is 0 Å². The Morgan fingerprint density at radius 2 is 1.57 bits per heavy atom. The maximum Gasteiger partial charge on any atom is 0.226 e. The Kier molecular flexibility index (Phi) is 10.1. The summed E-state index contributed by atoms with van der Waals surface area (Å²) in [6.07, 6.45) is 13.0. The Labute approximate surface area is 130 Å². The van der Waals surface area contributed by atoms with E-state index in [1.807, 2.05) is 0 Å². The zero-order valence-electron chi connectivity index (χ0n) is 14.2. The minimum atomic E-state index is 0.448. The molecule has 0 aliphatic heterocycles. The van der Waals surface area contributed by atoms with Gasteiger partial charge in [0.25, 0.3) is 0 Å². The molecule has 0 aromatic carbocycles. The van der Waals surface area contributed by atoms with Crippen molar-refractivity contribution in [1.82, 2.24) is 15.5 Å². The van der Waals surface area contributed by atoms with Crippen LogP contribution in [0.3, 0.4) is 0 Å². The Hall–Kier alpha value is -0.900. The SMILES string of the molecule is CCCCCCCCCCCc1nc(CNC(C)C)no1. The molecule has 122 valence electrons. The molecule has 0 saturated heterocycles. The van der Waals surface area contributed by atoms with Crippen LogP contribution in [0.25, 0.3) is 0 Å². The van der Waals surface area contributed by atoms with Crippen LogP contribution >= 0.6 is 0 Å². The fraction of sp³-hybridized carbons (Fsp3) is 0.882. The smallest absolute Gasteiger partial charge is 0.226 e. The molecule has 21 heavy (non-hydrogen) atoms. The van der Waals surface area contributed by atoms with E-state index < -0.39 is 0 Å². The van der Waals surface area contributed by atoms with E-state index in [2.05, 4.69) is 36.2 Å². The highest BCUT2D eigenvalue weighted by molar-refractivity contribution is 4.86. The fourth-order valence-corrected chi connectivity index (χ4v) is 2.35. The van der Waals surface area contributed by atoms with Gasteiger partial charge in [0.15, 0.2) is 5.82 Å². The van der Waals surface area contributed by atoms with Crippen LogP contribution < -0.4 is 5.32 Å². The molecule has 1 aromatic heterocycles. The summed E-state index contributed by atoms with van der Waals surface area (Å²) in [5, 5.41) is 7.29. The molecule has 1 aromatic rings. The maximum atomic E-state index is 5.27. The van der Waals surface area contributed by atoms with E-state index in [-0.39, 0.29) is 0 Å². The molecule has 0 aliphatic carbocycles. The van der Waals surface area contributed by atoms with E-state index in [0.29, 0.717) is 12.6 Å². The van der Waals surface area contributed by atoms with Gasteiger partial charge in [-0.3, -0.25) is 0 Å². The Morgan fingerprint density at radius 1 is 0.952 bits per heavy atom. The highest BCUT2D eigenvalue weighted by Gasteiger charge is 2.06. The van der Waals surface area contributed by atoms with Crippen molar-refractivity contribution in [3.05, 3.63) is 11.7 Å². The second-order valence-corrected chi connectivity index (χ2v) is 6.22. The van der Waals surface area contributed by atoms with Crippen LogP contribution in [-0.2, 0) is 13.0 Å². The molecule has 0 fully saturated rings. The molecule has 1 rings (SSSR count). The fourth-order valence-electron chi connectivity index (χ4n) is 2.35. The van der Waals surface area contributed by atoms with Gasteiger partial charge in [-0.2, -0.15) is 4.98 Å². The maximum absolute atomic E-state index is 5.27. The van der Waals surface area contributed by atoms with Crippen LogP contribution in [-0.4, -0.2) is 16.2 Å². The Balaban J connectivity index is 1.97. The summed E-state index contributed by atoms with van der Waals surface area (Å²) in [5.74, 6) is 1.56. The number of nitrogens with zero attached hydrogens (tertiary/aromatic N) is 2. The molecule has 0 spiro atoms. The monoisotopic (exact) mass is 295 g/mol. The van der Waals surface area contributed by atoms with Gasteiger partial charge in [0.05, 0.1) is 6.54 Å². The van der Waals surface area contributed by atoms with Crippen LogP contribution in [0.15, 0.2) is 4.52 Å². The van der Waals surface area contributed by atoms with Crippen molar-refractivity contribution in [1.29, 1.82) is 0 Å². The van der Waals surface area contributed by atoms with Crippen molar-refractivity contribution < 1.29 is 4.52 Å². The Bertz CT molecular complexity index is 350. The van der Waals surface area contributed by atoms with E-state index in [1.54, 1.807) is 0 Å². The lowest BCUT2D eigenvalue weighted by molar-refractivity contribution is 0.366. The number of hydrogen-bond donors (Lipinski definition) is 1. The third-order valence-electron chi connectivity index (χ3n) is 3.67. The van der Waals surface area contributed by atoms with Gasteiger partial charge in [-0.25, -0.2) is 0 Å². The van der Waals surface area contributed by atoms with Crippen LogP contribution in [0.5, 0.6) is 0 Å². The number of aryl methyl sites for hydroxylation is 1. The molecule has 0 bridgehead atoms. The van der Waals surface area contributed by atoms with Crippen LogP contribution in [0.2, 0.25) is 0 Å². The summed E-state index contributed by atoms with van der Waals surface area (Å²) in [6.45, 7) is 7.19. The van der Waals surface area contributed by atoms with Gasteiger partial charge in [-0.05, 0) is 6.42 Å². The van der Waals surface area contributed by atoms with Crippen molar-refractivity contribution in [3.8, 4) is 0 Å². The van der Waals surface area contributed by atoms with Crippen LogP contribution in [0.1, 0.15) is 90.3 Å². The summed E-state index contributed by atoms with van der Waals surface area (Å²) < 4.78 is 5.27. The van der Waals surface area contributed by atoms with Crippen molar-refractivity contribution in [3.63, 3.8) is 0 Å². The first-order chi connectivity index (χ1) is 10.2. The normalized spacial score (nSPS) is 11.4. The largest absolute Gasteiger partial charge is 0.339 e. The highest BCUT2D eigenvalue weighted by Crippen LogP contribution is 2.11. The number of aromatic nitrogens is 2. The molecule has 4 heteroatoms. The summed E-state index contributed by atoms with van der Waals surface area (Å²) in [5.41, 5.74) is 0. The van der Waals surface area contributed by atoms with Crippen LogP contribution in [0.4, 0.5) is 0 Å². The summed E-state index contributed by atoms with van der Waals surface area (Å²) in [4.78, 5) is 4.41. The molecule has 0 atom stereocenters. The van der Waals surface area contributed by atoms with Crippen LogP contribution in [0, 0.1) is 0 Å². The molecular formula is C17H33N3O.